The van der Waals surface area contributed by atoms with Crippen molar-refractivity contribution in [3.63, 3.8) is 0 Å². The average Bonchev–Trinajstić information content (AvgIpc) is 3.35. The molecule has 2 aromatic heterocycles. The minimum Gasteiger partial charge on any atom is -0.340 e. The summed E-state index contributed by atoms with van der Waals surface area (Å²) >= 11 is 2.69. The van der Waals surface area contributed by atoms with Crippen LogP contribution < -0.4 is 9.62 Å². The third-order valence-corrected chi connectivity index (χ3v) is 5.86. The third-order valence-electron chi connectivity index (χ3n) is 4.48. The molecule has 0 aliphatic rings. The summed E-state index contributed by atoms with van der Waals surface area (Å²) < 4.78 is 2.73. The largest absolute Gasteiger partial charge is 0.340 e. The summed E-state index contributed by atoms with van der Waals surface area (Å²) in [6.07, 6.45) is 1.80. The number of nitriles is 1. The summed E-state index contributed by atoms with van der Waals surface area (Å²) in [6.45, 7) is 2.33. The van der Waals surface area contributed by atoms with Gasteiger partial charge in [0.2, 0.25) is 0 Å². The number of fused-ring (bicyclic) bond motifs is 1. The number of aromatic nitrogens is 3. The summed E-state index contributed by atoms with van der Waals surface area (Å²) in [5.41, 5.74) is 3.70. The molecule has 2 aromatic carbocycles. The van der Waals surface area contributed by atoms with Crippen LogP contribution in [0.3, 0.4) is 0 Å². The van der Waals surface area contributed by atoms with E-state index in [1.807, 2.05) is 48.2 Å². The molecule has 2 N–H and O–H groups in total. The number of hydrogen-bond donors (Lipinski definition) is 2. The van der Waals surface area contributed by atoms with E-state index in [9.17, 15) is 4.79 Å². The van der Waals surface area contributed by atoms with Gasteiger partial charge < -0.3 is 9.88 Å². The van der Waals surface area contributed by atoms with Crippen LogP contribution in [0, 0.1) is 18.3 Å². The van der Waals surface area contributed by atoms with Crippen molar-refractivity contribution in [3.05, 3.63) is 70.5 Å². The lowest BCUT2D eigenvalue weighted by molar-refractivity contribution is 0.0980. The molecular formula is C21H18N6OS2. The lowest BCUT2D eigenvalue weighted by Gasteiger charge is -2.21. The Labute approximate surface area is 181 Å². The molecule has 7 nitrogen and oxygen atoms in total. The van der Waals surface area contributed by atoms with Gasteiger partial charge in [0.25, 0.3) is 5.91 Å². The number of carbonyl (C=O) groups excluding carboxylic acids is 1. The van der Waals surface area contributed by atoms with E-state index in [2.05, 4.69) is 25.7 Å². The van der Waals surface area contributed by atoms with Crippen LogP contribution in [0.15, 0.2) is 48.5 Å². The zero-order valence-electron chi connectivity index (χ0n) is 16.3. The number of para-hydroxylation sites is 2. The number of aryl methyl sites for hydroxylation is 1. The maximum absolute atomic E-state index is 12.3. The highest BCUT2D eigenvalue weighted by molar-refractivity contribution is 7.97. The molecule has 2 heterocycles. The molecule has 150 valence electrons. The molecule has 30 heavy (non-hydrogen) atoms. The fourth-order valence-corrected chi connectivity index (χ4v) is 4.27. The molecular weight excluding hydrogens is 416 g/mol. The minimum atomic E-state index is -0.217. The van der Waals surface area contributed by atoms with Gasteiger partial charge in [-0.3, -0.25) is 9.52 Å². The zero-order valence-corrected chi connectivity index (χ0v) is 18.0. The van der Waals surface area contributed by atoms with E-state index in [-0.39, 0.29) is 5.91 Å². The number of amides is 1. The smallest absolute Gasteiger partial charge is 0.280 e. The molecule has 0 unspecified atom stereocenters. The van der Waals surface area contributed by atoms with Crippen molar-refractivity contribution >= 4 is 51.0 Å². The maximum Gasteiger partial charge on any atom is 0.280 e. The molecule has 9 heteroatoms. The van der Waals surface area contributed by atoms with Crippen LogP contribution in [0.5, 0.6) is 0 Å². The van der Waals surface area contributed by atoms with Crippen LogP contribution in [-0.4, -0.2) is 27.1 Å². The van der Waals surface area contributed by atoms with E-state index < -0.39 is 0 Å². The molecule has 0 fully saturated rings. The van der Waals surface area contributed by atoms with E-state index in [1.54, 1.807) is 18.4 Å². The third kappa shape index (κ3) is 4.01. The van der Waals surface area contributed by atoms with Gasteiger partial charge in [-0.25, -0.2) is 9.97 Å². The first-order valence-electron chi connectivity index (χ1n) is 9.11. The Morgan fingerprint density at radius 1 is 1.23 bits per heavy atom. The normalized spacial score (nSPS) is 10.7. The Hall–Kier alpha value is -3.35. The quantitative estimate of drug-likeness (QED) is 0.432. The number of thiazole rings is 1. The summed E-state index contributed by atoms with van der Waals surface area (Å²) in [7, 11) is 0. The summed E-state index contributed by atoms with van der Waals surface area (Å²) in [5, 5.41) is 9.80. The highest BCUT2D eigenvalue weighted by Gasteiger charge is 2.21. The lowest BCUT2D eigenvalue weighted by atomic mass is 10.2. The highest BCUT2D eigenvalue weighted by Crippen LogP contribution is 2.33. The summed E-state index contributed by atoms with van der Waals surface area (Å²) in [6, 6.07) is 17.3. The van der Waals surface area contributed by atoms with Gasteiger partial charge in [-0.05, 0) is 43.3 Å². The van der Waals surface area contributed by atoms with Crippen molar-refractivity contribution in [3.8, 4) is 6.07 Å². The average molecular weight is 435 g/mol. The van der Waals surface area contributed by atoms with Crippen molar-refractivity contribution in [1.82, 2.24) is 19.7 Å². The SMILES string of the molecule is CSNC(=O)c1nc(N(Cc2nc3ccccc3[nH]2)c2ccc(C#N)cc2)sc1C. The molecule has 0 aliphatic carbocycles. The summed E-state index contributed by atoms with van der Waals surface area (Å²) in [5.74, 6) is 0.564. The zero-order chi connectivity index (χ0) is 21.1. The Bertz CT molecular complexity index is 1210. The van der Waals surface area contributed by atoms with Crippen LogP contribution in [0.25, 0.3) is 11.0 Å². The number of imidazole rings is 1. The van der Waals surface area contributed by atoms with Gasteiger partial charge in [0.1, 0.15) is 11.5 Å². The van der Waals surface area contributed by atoms with Crippen LogP contribution >= 0.6 is 23.3 Å². The number of benzene rings is 2. The van der Waals surface area contributed by atoms with E-state index in [4.69, 9.17) is 5.26 Å². The predicted octanol–water partition coefficient (Wildman–Crippen LogP) is 4.55. The minimum absolute atomic E-state index is 0.217. The number of H-pyrrole nitrogens is 1. The standard InChI is InChI=1S/C21H18N6OS2/c1-13-19(20(28)26-29-2)25-21(30-13)27(15-9-7-14(11-22)8-10-15)12-18-23-16-5-3-4-6-17(16)24-18/h3-10H,12H2,1-2H3,(H,23,24)(H,26,28). The van der Waals surface area contributed by atoms with E-state index in [0.29, 0.717) is 22.9 Å². The molecule has 0 atom stereocenters. The monoisotopic (exact) mass is 434 g/mol. The molecule has 0 saturated heterocycles. The number of carbonyl (C=O) groups is 1. The van der Waals surface area contributed by atoms with Crippen LogP contribution in [0.4, 0.5) is 10.8 Å². The summed E-state index contributed by atoms with van der Waals surface area (Å²) in [4.78, 5) is 27.8. The number of hydrogen-bond acceptors (Lipinski definition) is 7. The Kier molecular flexibility index (Phi) is 5.70. The Balaban J connectivity index is 1.74. The molecule has 4 rings (SSSR count). The van der Waals surface area contributed by atoms with Gasteiger partial charge in [-0.1, -0.05) is 24.1 Å². The second kappa shape index (κ2) is 8.57. The predicted molar refractivity (Wildman–Crippen MR) is 121 cm³/mol. The lowest BCUT2D eigenvalue weighted by Crippen LogP contribution is -2.19. The second-order valence-corrected chi connectivity index (χ2v) is 8.28. The Morgan fingerprint density at radius 3 is 2.70 bits per heavy atom. The van der Waals surface area contributed by atoms with Gasteiger partial charge in [-0.15, -0.1) is 11.3 Å². The maximum atomic E-state index is 12.3. The molecule has 0 radical (unpaired) electrons. The van der Waals surface area contributed by atoms with Crippen molar-refractivity contribution in [1.29, 1.82) is 5.26 Å². The molecule has 4 aromatic rings. The molecule has 0 aliphatic heterocycles. The fourth-order valence-electron chi connectivity index (χ4n) is 3.07. The van der Waals surface area contributed by atoms with Crippen LogP contribution in [0.1, 0.15) is 26.8 Å². The molecule has 1 amide bonds. The highest BCUT2D eigenvalue weighted by atomic mass is 32.2. The first-order valence-corrected chi connectivity index (χ1v) is 11.1. The van der Waals surface area contributed by atoms with Gasteiger partial charge in [-0.2, -0.15) is 5.26 Å². The van der Waals surface area contributed by atoms with E-state index in [1.165, 1.54) is 23.3 Å². The van der Waals surface area contributed by atoms with Crippen molar-refractivity contribution in [2.45, 2.75) is 13.5 Å². The number of rotatable bonds is 6. The van der Waals surface area contributed by atoms with Gasteiger partial charge in [0, 0.05) is 16.8 Å². The fraction of sp³-hybridized carbons (Fsp3) is 0.143. The number of aromatic amines is 1. The number of nitrogens with one attached hydrogen (secondary N) is 2. The second-order valence-electron chi connectivity index (χ2n) is 6.48. The first kappa shape index (κ1) is 19.9. The molecule has 0 bridgehead atoms. The Morgan fingerprint density at radius 2 is 2.00 bits per heavy atom. The molecule has 0 spiro atoms. The van der Waals surface area contributed by atoms with Gasteiger partial charge in [0.05, 0.1) is 29.2 Å². The first-order chi connectivity index (χ1) is 14.6. The van der Waals surface area contributed by atoms with E-state index in [0.717, 1.165) is 27.4 Å². The van der Waals surface area contributed by atoms with Crippen LogP contribution in [-0.2, 0) is 6.54 Å². The van der Waals surface area contributed by atoms with Crippen molar-refractivity contribution in [2.24, 2.45) is 0 Å². The molecule has 0 saturated carbocycles. The van der Waals surface area contributed by atoms with E-state index >= 15 is 0 Å². The number of nitrogens with zero attached hydrogens (tertiary/aromatic N) is 4. The van der Waals surface area contributed by atoms with Gasteiger partial charge >= 0.3 is 0 Å². The number of anilines is 2. The van der Waals surface area contributed by atoms with Gasteiger partial charge in [0.15, 0.2) is 5.13 Å². The van der Waals surface area contributed by atoms with Crippen molar-refractivity contribution in [2.75, 3.05) is 11.2 Å². The van der Waals surface area contributed by atoms with Crippen molar-refractivity contribution < 1.29 is 4.79 Å². The topological polar surface area (TPSA) is 97.7 Å². The van der Waals surface area contributed by atoms with Crippen LogP contribution in [0.2, 0.25) is 0 Å².